The minimum atomic E-state index is -3.59. The topological polar surface area (TPSA) is 43.7 Å². The first-order chi connectivity index (χ1) is 8.62. The third-order valence-electron chi connectivity index (χ3n) is 2.67. The Morgan fingerprint density at radius 2 is 1.89 bits per heavy atom. The number of hydrogen-bond donors (Lipinski definition) is 0. The second-order valence-electron chi connectivity index (χ2n) is 3.81. The lowest BCUT2D eigenvalue weighted by Crippen LogP contribution is -2.34. The Labute approximate surface area is 110 Å². The van der Waals surface area contributed by atoms with Crippen LogP contribution in [-0.4, -0.2) is 11.3 Å². The third kappa shape index (κ3) is 1.69. The lowest BCUT2D eigenvalue weighted by atomic mass is 10.1. The zero-order valence-electron chi connectivity index (χ0n) is 8.68. The number of rotatable bonds is 1. The van der Waals surface area contributed by atoms with Gasteiger partial charge in [0.1, 0.15) is 0 Å². The van der Waals surface area contributed by atoms with Crippen LogP contribution in [0.1, 0.15) is 12.3 Å². The maximum atomic E-state index is 12.9. The molecule has 98 valence electrons. The van der Waals surface area contributed by atoms with Crippen LogP contribution in [0.3, 0.4) is 0 Å². The van der Waals surface area contributed by atoms with Gasteiger partial charge in [-0.05, 0) is 6.07 Å². The highest BCUT2D eigenvalue weighted by atomic mass is 32.1. The van der Waals surface area contributed by atoms with Gasteiger partial charge in [0, 0.05) is 17.5 Å². The summed E-state index contributed by atoms with van der Waals surface area (Å²) in [6.45, 7) is 0. The van der Waals surface area contributed by atoms with E-state index in [1.807, 2.05) is 0 Å². The molecule has 1 aromatic heterocycles. The molecule has 19 heavy (non-hydrogen) atoms. The summed E-state index contributed by atoms with van der Waals surface area (Å²) < 4.78 is 34.6. The van der Waals surface area contributed by atoms with E-state index >= 15 is 0 Å². The van der Waals surface area contributed by atoms with E-state index in [2.05, 4.69) is 19.5 Å². The van der Waals surface area contributed by atoms with E-state index in [9.17, 15) is 8.78 Å². The summed E-state index contributed by atoms with van der Waals surface area (Å²) in [5, 5.41) is 1.40. The summed E-state index contributed by atoms with van der Waals surface area (Å²) in [4.78, 5) is 9.11. The van der Waals surface area contributed by atoms with Crippen molar-refractivity contribution < 1.29 is 18.3 Å². The SMILES string of the molecule is C.FC1(F)Oc2cc3c(cc2O1)=C(c1cncs1)N=3. The molecule has 0 unspecified atom stereocenters. The van der Waals surface area contributed by atoms with Gasteiger partial charge in [0.2, 0.25) is 0 Å². The lowest BCUT2D eigenvalue weighted by molar-refractivity contribution is -0.286. The molecule has 4 nitrogen and oxygen atoms in total. The van der Waals surface area contributed by atoms with Crippen molar-refractivity contribution in [3.05, 3.63) is 39.3 Å². The van der Waals surface area contributed by atoms with Gasteiger partial charge in [-0.2, -0.15) is 0 Å². The molecule has 0 N–H and O–H groups in total. The van der Waals surface area contributed by atoms with Gasteiger partial charge in [0.25, 0.3) is 0 Å². The van der Waals surface area contributed by atoms with E-state index in [1.165, 1.54) is 23.5 Å². The molecule has 2 aliphatic rings. The molecule has 0 bridgehead atoms. The first-order valence-electron chi connectivity index (χ1n) is 5.04. The van der Waals surface area contributed by atoms with Gasteiger partial charge < -0.3 is 9.47 Å². The standard InChI is InChI=1S/C11H4F2N2O2S.CH4/c12-11(13)16-7-1-5-6(2-8(7)17-11)15-10(5)9-3-14-4-18-9;/h1-4H;1H4. The Kier molecular flexibility index (Phi) is 2.37. The normalized spacial score (nSPS) is 17.1. The van der Waals surface area contributed by atoms with Crippen molar-refractivity contribution in [2.45, 2.75) is 13.7 Å². The molecule has 2 aromatic rings. The number of thiazole rings is 1. The number of nitrogens with zero attached hydrogens (tertiary/aromatic N) is 2. The molecular formula is C12H8F2N2O2S. The van der Waals surface area contributed by atoms with Gasteiger partial charge in [-0.1, -0.05) is 7.43 Å². The Hall–Kier alpha value is -2.02. The highest BCUT2D eigenvalue weighted by Gasteiger charge is 2.43. The van der Waals surface area contributed by atoms with E-state index < -0.39 is 6.29 Å². The molecule has 4 rings (SSSR count). The molecule has 0 radical (unpaired) electrons. The van der Waals surface area contributed by atoms with Crippen molar-refractivity contribution in [1.82, 2.24) is 4.98 Å². The van der Waals surface area contributed by atoms with Crippen molar-refractivity contribution in [2.75, 3.05) is 0 Å². The van der Waals surface area contributed by atoms with Gasteiger partial charge in [0.05, 0.1) is 21.4 Å². The molecule has 0 saturated carbocycles. The van der Waals surface area contributed by atoms with E-state index in [0.29, 0.717) is 5.36 Å². The number of benzene rings is 1. The number of aromatic nitrogens is 1. The van der Waals surface area contributed by atoms with Crippen molar-refractivity contribution in [2.24, 2.45) is 4.99 Å². The minimum absolute atomic E-state index is 0. The van der Waals surface area contributed by atoms with Crippen LogP contribution in [0, 0.1) is 0 Å². The van der Waals surface area contributed by atoms with Crippen LogP contribution in [0.15, 0.2) is 28.8 Å². The van der Waals surface area contributed by atoms with Crippen LogP contribution in [0.4, 0.5) is 8.78 Å². The molecule has 1 aromatic carbocycles. The highest BCUT2D eigenvalue weighted by Crippen LogP contribution is 2.39. The van der Waals surface area contributed by atoms with Gasteiger partial charge in [0.15, 0.2) is 11.5 Å². The fraction of sp³-hybridized carbons (Fsp3) is 0.167. The molecule has 7 heteroatoms. The molecule has 0 aliphatic carbocycles. The predicted molar refractivity (Wildman–Crippen MR) is 64.8 cm³/mol. The van der Waals surface area contributed by atoms with Crippen LogP contribution in [-0.2, 0) is 0 Å². The number of alkyl halides is 2. The largest absolute Gasteiger partial charge is 0.586 e. The summed E-state index contributed by atoms with van der Waals surface area (Å²) in [5.74, 6) is 0.0570. The minimum Gasteiger partial charge on any atom is -0.395 e. The summed E-state index contributed by atoms with van der Waals surface area (Å²) in [6, 6.07) is 2.98. The fourth-order valence-electron chi connectivity index (χ4n) is 1.92. The highest BCUT2D eigenvalue weighted by molar-refractivity contribution is 7.10. The average Bonchev–Trinajstić information content (AvgIpc) is 2.87. The van der Waals surface area contributed by atoms with Crippen LogP contribution in [0.5, 0.6) is 11.5 Å². The van der Waals surface area contributed by atoms with Crippen LogP contribution < -0.4 is 20.0 Å². The molecule has 0 atom stereocenters. The van der Waals surface area contributed by atoms with Crippen molar-refractivity contribution in [3.8, 4) is 11.5 Å². The Morgan fingerprint density at radius 1 is 1.16 bits per heavy atom. The van der Waals surface area contributed by atoms with Crippen LogP contribution >= 0.6 is 11.3 Å². The average molecular weight is 282 g/mol. The zero-order chi connectivity index (χ0) is 12.3. The van der Waals surface area contributed by atoms with Crippen molar-refractivity contribution >= 4 is 17.0 Å². The van der Waals surface area contributed by atoms with Crippen molar-refractivity contribution in [3.63, 3.8) is 0 Å². The summed E-state index contributed by atoms with van der Waals surface area (Å²) >= 11 is 1.44. The summed E-state index contributed by atoms with van der Waals surface area (Å²) in [6.07, 6.45) is -1.90. The van der Waals surface area contributed by atoms with E-state index in [4.69, 9.17) is 0 Å². The molecule has 3 heterocycles. The Bertz CT molecular complexity index is 772. The maximum Gasteiger partial charge on any atom is 0.586 e. The number of halogens is 2. The monoisotopic (exact) mass is 282 g/mol. The molecule has 0 saturated heterocycles. The molecule has 0 amide bonds. The van der Waals surface area contributed by atoms with Gasteiger partial charge in [-0.3, -0.25) is 4.98 Å². The molecule has 0 fully saturated rings. The Morgan fingerprint density at radius 3 is 2.58 bits per heavy atom. The first kappa shape index (κ1) is 12.0. The van der Waals surface area contributed by atoms with E-state index in [1.54, 1.807) is 11.7 Å². The van der Waals surface area contributed by atoms with Gasteiger partial charge in [-0.25, -0.2) is 4.99 Å². The summed E-state index contributed by atoms with van der Waals surface area (Å²) in [7, 11) is 0. The van der Waals surface area contributed by atoms with E-state index in [0.717, 1.165) is 15.8 Å². The first-order valence-corrected chi connectivity index (χ1v) is 5.92. The summed E-state index contributed by atoms with van der Waals surface area (Å²) in [5.41, 5.74) is 2.44. The second kappa shape index (κ2) is 3.74. The lowest BCUT2D eigenvalue weighted by Gasteiger charge is -2.07. The molecular weight excluding hydrogens is 274 g/mol. The molecule has 2 aliphatic heterocycles. The number of fused-ring (bicyclic) bond motifs is 2. The quantitative estimate of drug-likeness (QED) is 0.802. The predicted octanol–water partition coefficient (Wildman–Crippen LogP) is 1.89. The van der Waals surface area contributed by atoms with Crippen LogP contribution in [0.2, 0.25) is 0 Å². The number of hydrogen-bond acceptors (Lipinski definition) is 5. The fourth-order valence-corrected chi connectivity index (χ4v) is 2.54. The second-order valence-corrected chi connectivity index (χ2v) is 4.70. The van der Waals surface area contributed by atoms with Gasteiger partial charge in [-0.15, -0.1) is 20.1 Å². The Balaban J connectivity index is 0.00000110. The number of ether oxygens (including phenoxy) is 2. The third-order valence-corrected chi connectivity index (χ3v) is 3.45. The molecule has 0 spiro atoms. The van der Waals surface area contributed by atoms with E-state index in [-0.39, 0.29) is 18.9 Å². The van der Waals surface area contributed by atoms with Gasteiger partial charge >= 0.3 is 6.29 Å². The van der Waals surface area contributed by atoms with Crippen molar-refractivity contribution in [1.29, 1.82) is 0 Å². The maximum absolute atomic E-state index is 12.9. The zero-order valence-corrected chi connectivity index (χ0v) is 9.50. The van der Waals surface area contributed by atoms with Crippen LogP contribution in [0.25, 0.3) is 5.70 Å². The smallest absolute Gasteiger partial charge is 0.395 e.